The summed E-state index contributed by atoms with van der Waals surface area (Å²) in [7, 11) is 0. The molecule has 5 nitrogen and oxygen atoms in total. The molecule has 1 aromatic carbocycles. The third-order valence-electron chi connectivity index (χ3n) is 5.41. The van der Waals surface area contributed by atoms with Gasteiger partial charge < -0.3 is 9.72 Å². The van der Waals surface area contributed by atoms with Crippen LogP contribution in [0.3, 0.4) is 0 Å². The summed E-state index contributed by atoms with van der Waals surface area (Å²) in [4.78, 5) is 16.7. The minimum atomic E-state index is 0.489. The van der Waals surface area contributed by atoms with Crippen molar-refractivity contribution in [3.63, 3.8) is 0 Å². The highest BCUT2D eigenvalue weighted by Gasteiger charge is 2.40. The zero-order valence-electron chi connectivity index (χ0n) is 16.0. The molecule has 1 fully saturated rings. The molecule has 3 heterocycles. The lowest BCUT2D eigenvalue weighted by Gasteiger charge is -2.11. The number of rotatable bonds is 5. The minimum Gasteiger partial charge on any atom is -0.477 e. The molecule has 0 saturated heterocycles. The Labute approximate surface area is 163 Å². The monoisotopic (exact) mass is 370 g/mol. The van der Waals surface area contributed by atoms with E-state index in [1.165, 1.54) is 5.56 Å². The van der Waals surface area contributed by atoms with E-state index in [4.69, 9.17) is 4.74 Å². The zero-order chi connectivity index (χ0) is 19.1. The summed E-state index contributed by atoms with van der Waals surface area (Å²) in [5.74, 6) is 2.35. The highest BCUT2D eigenvalue weighted by molar-refractivity contribution is 5.85. The van der Waals surface area contributed by atoms with Crippen molar-refractivity contribution in [2.45, 2.75) is 26.2 Å². The van der Waals surface area contributed by atoms with Crippen LogP contribution in [0.15, 0.2) is 55.0 Å². The molecular weight excluding hydrogens is 348 g/mol. The van der Waals surface area contributed by atoms with Gasteiger partial charge in [-0.3, -0.25) is 4.98 Å². The number of hydrogen-bond acceptors (Lipinski definition) is 4. The largest absolute Gasteiger partial charge is 0.477 e. The normalized spacial score (nSPS) is 18.4. The average Bonchev–Trinajstić information content (AvgIpc) is 3.32. The van der Waals surface area contributed by atoms with E-state index < -0.39 is 0 Å². The van der Waals surface area contributed by atoms with Crippen LogP contribution in [0, 0.1) is 19.8 Å². The summed E-state index contributed by atoms with van der Waals surface area (Å²) >= 11 is 0. The van der Waals surface area contributed by atoms with Crippen LogP contribution in [-0.2, 0) is 0 Å². The van der Waals surface area contributed by atoms with E-state index in [0.29, 0.717) is 30.1 Å². The number of nitrogens with zero attached hydrogens (tertiary/aromatic N) is 3. The van der Waals surface area contributed by atoms with Gasteiger partial charge in [0.25, 0.3) is 0 Å². The van der Waals surface area contributed by atoms with Gasteiger partial charge in [-0.05, 0) is 61.0 Å². The maximum Gasteiger partial charge on any atom is 0.224 e. The van der Waals surface area contributed by atoms with Gasteiger partial charge in [0.1, 0.15) is 5.82 Å². The second kappa shape index (κ2) is 6.75. The van der Waals surface area contributed by atoms with Gasteiger partial charge in [-0.2, -0.15) is 4.98 Å². The first kappa shape index (κ1) is 16.9. The predicted molar refractivity (Wildman–Crippen MR) is 109 cm³/mol. The number of H-pyrrole nitrogens is 1. The van der Waals surface area contributed by atoms with Crippen LogP contribution in [0.2, 0.25) is 0 Å². The number of aromatic amines is 1. The molecule has 3 aromatic heterocycles. The van der Waals surface area contributed by atoms with Crippen molar-refractivity contribution in [1.82, 2.24) is 19.9 Å². The lowest BCUT2D eigenvalue weighted by molar-refractivity contribution is 0.285. The molecule has 140 valence electrons. The summed E-state index contributed by atoms with van der Waals surface area (Å²) in [5.41, 5.74) is 5.47. The number of benzene rings is 1. The Hall–Kier alpha value is -3.21. The van der Waals surface area contributed by atoms with Crippen LogP contribution in [0.25, 0.3) is 22.0 Å². The molecule has 0 radical (unpaired) electrons. The van der Waals surface area contributed by atoms with E-state index in [0.717, 1.165) is 34.1 Å². The fraction of sp³-hybridized carbons (Fsp3) is 0.261. The van der Waals surface area contributed by atoms with Gasteiger partial charge in [0.2, 0.25) is 5.88 Å². The van der Waals surface area contributed by atoms with E-state index in [9.17, 15) is 0 Å². The van der Waals surface area contributed by atoms with Crippen molar-refractivity contribution in [3.05, 3.63) is 72.1 Å². The Morgan fingerprint density at radius 1 is 1.07 bits per heavy atom. The van der Waals surface area contributed by atoms with Gasteiger partial charge in [-0.1, -0.05) is 12.1 Å². The van der Waals surface area contributed by atoms with Gasteiger partial charge in [0.15, 0.2) is 0 Å². The maximum absolute atomic E-state index is 6.18. The number of fused-ring (bicyclic) bond motifs is 1. The second-order valence-corrected chi connectivity index (χ2v) is 7.59. The number of nitrogens with one attached hydrogen (secondary N) is 1. The van der Waals surface area contributed by atoms with Gasteiger partial charge in [-0.15, -0.1) is 0 Å². The lowest BCUT2D eigenvalue weighted by atomic mass is 10.1. The molecule has 4 aromatic rings. The van der Waals surface area contributed by atoms with Crippen molar-refractivity contribution in [1.29, 1.82) is 0 Å². The molecule has 5 rings (SSSR count). The molecule has 1 aliphatic rings. The third-order valence-corrected chi connectivity index (χ3v) is 5.41. The lowest BCUT2D eigenvalue weighted by Crippen LogP contribution is -2.05. The highest BCUT2D eigenvalue weighted by atomic mass is 16.5. The van der Waals surface area contributed by atoms with Crippen LogP contribution in [0.5, 0.6) is 5.88 Å². The Balaban J connectivity index is 1.35. The Morgan fingerprint density at radius 2 is 2.00 bits per heavy atom. The number of pyridine rings is 1. The smallest absolute Gasteiger partial charge is 0.224 e. The number of aryl methyl sites for hydroxylation is 2. The van der Waals surface area contributed by atoms with Crippen molar-refractivity contribution in [3.8, 4) is 17.0 Å². The molecule has 5 heteroatoms. The van der Waals surface area contributed by atoms with Crippen molar-refractivity contribution in [2.75, 3.05) is 6.61 Å². The molecule has 0 spiro atoms. The quantitative estimate of drug-likeness (QED) is 0.547. The maximum atomic E-state index is 6.18. The summed E-state index contributed by atoms with van der Waals surface area (Å²) in [6.07, 6.45) is 6.86. The molecule has 2 unspecified atom stereocenters. The van der Waals surface area contributed by atoms with Gasteiger partial charge in [0.05, 0.1) is 12.2 Å². The van der Waals surface area contributed by atoms with Crippen LogP contribution >= 0.6 is 0 Å². The average molecular weight is 370 g/mol. The first-order valence-corrected chi connectivity index (χ1v) is 9.64. The number of ether oxygens (including phenoxy) is 1. The SMILES string of the molecule is Cc1ccc(C2CC2COc2nc(C)ncc2-c2ccc3[nH]ccc3c2)nc1. The highest BCUT2D eigenvalue weighted by Crippen LogP contribution is 2.47. The molecule has 2 atom stereocenters. The van der Waals surface area contributed by atoms with Crippen LogP contribution < -0.4 is 4.74 Å². The van der Waals surface area contributed by atoms with E-state index in [1.807, 2.05) is 25.5 Å². The van der Waals surface area contributed by atoms with E-state index in [1.54, 1.807) is 0 Å². The molecule has 1 saturated carbocycles. The fourth-order valence-corrected chi connectivity index (χ4v) is 3.66. The van der Waals surface area contributed by atoms with Gasteiger partial charge in [0, 0.05) is 41.6 Å². The molecule has 28 heavy (non-hydrogen) atoms. The zero-order valence-corrected chi connectivity index (χ0v) is 16.0. The number of hydrogen-bond donors (Lipinski definition) is 1. The topological polar surface area (TPSA) is 63.7 Å². The Morgan fingerprint density at radius 3 is 2.86 bits per heavy atom. The summed E-state index contributed by atoms with van der Waals surface area (Å²) in [5, 5.41) is 1.16. The Bertz CT molecular complexity index is 1130. The molecule has 0 aliphatic heterocycles. The number of aromatic nitrogens is 4. The van der Waals surface area contributed by atoms with Gasteiger partial charge in [-0.25, -0.2) is 4.98 Å². The first-order valence-electron chi connectivity index (χ1n) is 9.64. The first-order chi connectivity index (χ1) is 13.7. The molecule has 0 amide bonds. The second-order valence-electron chi connectivity index (χ2n) is 7.59. The van der Waals surface area contributed by atoms with Crippen molar-refractivity contribution in [2.24, 2.45) is 5.92 Å². The summed E-state index contributed by atoms with van der Waals surface area (Å²) in [6.45, 7) is 4.60. The van der Waals surface area contributed by atoms with Crippen LogP contribution in [-0.4, -0.2) is 26.5 Å². The molecule has 0 bridgehead atoms. The molecule has 1 aliphatic carbocycles. The van der Waals surface area contributed by atoms with Crippen LogP contribution in [0.1, 0.15) is 29.4 Å². The third kappa shape index (κ3) is 3.24. The van der Waals surface area contributed by atoms with Crippen molar-refractivity contribution < 1.29 is 4.74 Å². The van der Waals surface area contributed by atoms with Gasteiger partial charge >= 0.3 is 0 Å². The summed E-state index contributed by atoms with van der Waals surface area (Å²) in [6, 6.07) is 12.6. The summed E-state index contributed by atoms with van der Waals surface area (Å²) < 4.78 is 6.18. The minimum absolute atomic E-state index is 0.489. The van der Waals surface area contributed by atoms with E-state index >= 15 is 0 Å². The van der Waals surface area contributed by atoms with E-state index in [2.05, 4.69) is 63.3 Å². The van der Waals surface area contributed by atoms with Crippen LogP contribution in [0.4, 0.5) is 0 Å². The van der Waals surface area contributed by atoms with Crippen molar-refractivity contribution >= 4 is 10.9 Å². The molecule has 1 N–H and O–H groups in total. The Kier molecular flexibility index (Phi) is 4.08. The standard InChI is InChI=1S/C23H22N4O/c1-14-3-5-22(26-11-14)19-10-18(19)13-28-23-20(12-25-15(2)27-23)16-4-6-21-17(9-16)7-8-24-21/h3-9,11-12,18-19,24H,10,13H2,1-2H3. The fourth-order valence-electron chi connectivity index (χ4n) is 3.66. The predicted octanol–water partition coefficient (Wildman–Crippen LogP) is 4.82. The van der Waals surface area contributed by atoms with E-state index in [-0.39, 0.29) is 0 Å². The molecular formula is C23H22N4O.